The Kier molecular flexibility index (Phi) is 13.5. The van der Waals surface area contributed by atoms with Gasteiger partial charge in [0.2, 0.25) is 17.7 Å². The third kappa shape index (κ3) is 10.4. The quantitative estimate of drug-likeness (QED) is 0.113. The first-order valence-electron chi connectivity index (χ1n) is 11.2. The zero-order valence-corrected chi connectivity index (χ0v) is 23.0. The minimum absolute atomic E-state index is 0.0444. The number of hydrogen-bond acceptors (Lipinski definition) is 9. The van der Waals surface area contributed by atoms with Crippen LogP contribution in [0.5, 0.6) is 0 Å². The fourth-order valence-corrected chi connectivity index (χ4v) is 5.82. The number of carbonyl (C=O) groups excluding carboxylic acids is 3. The van der Waals surface area contributed by atoms with Crippen LogP contribution in [0, 0.1) is 10.8 Å². The van der Waals surface area contributed by atoms with Crippen molar-refractivity contribution in [2.75, 3.05) is 58.4 Å². The van der Waals surface area contributed by atoms with Crippen LogP contribution >= 0.6 is 29.4 Å². The molecule has 0 aromatic heterocycles. The van der Waals surface area contributed by atoms with Crippen LogP contribution in [-0.2, 0) is 28.0 Å². The molecule has 5 N–H and O–H groups in total. The Morgan fingerprint density at radius 3 is 2.38 bits per heavy atom. The van der Waals surface area contributed by atoms with E-state index in [1.807, 2.05) is 13.8 Å². The number of nitrogens with zero attached hydrogens (tertiary/aromatic N) is 1. The lowest BCUT2D eigenvalue weighted by molar-refractivity contribution is -0.132. The third-order valence-electron chi connectivity index (χ3n) is 5.82. The van der Waals surface area contributed by atoms with E-state index in [0.29, 0.717) is 38.9 Å². The summed E-state index contributed by atoms with van der Waals surface area (Å²) in [4.78, 5) is 47.5. The van der Waals surface area contributed by atoms with E-state index in [1.165, 1.54) is 0 Å². The molecule has 0 aromatic carbocycles. The molecule has 1 aliphatic carbocycles. The summed E-state index contributed by atoms with van der Waals surface area (Å²) >= 11 is 0. The maximum atomic E-state index is 12.8. The standard InChI is InChI=1S/C20H39N4O7PS2/c1-19(2,15-31-32(28,29)30-4)20(7-8-20)18(27)23-10-6-17(26)24(3)12-14-34-33-13-11-22-16(25)5-9-21/h5-15,21H2,1-4H3,(H,22,25)(H,23,27)(H,28,29). The van der Waals surface area contributed by atoms with E-state index in [-0.39, 0.29) is 37.3 Å². The Balaban J connectivity index is 2.25. The van der Waals surface area contributed by atoms with Gasteiger partial charge >= 0.3 is 7.82 Å². The van der Waals surface area contributed by atoms with Crippen molar-refractivity contribution in [3.05, 3.63) is 0 Å². The molecule has 1 fully saturated rings. The van der Waals surface area contributed by atoms with Crippen molar-refractivity contribution in [1.29, 1.82) is 0 Å². The lowest BCUT2D eigenvalue weighted by Gasteiger charge is -2.33. The normalized spacial score (nSPS) is 16.4. The van der Waals surface area contributed by atoms with E-state index in [2.05, 4.69) is 15.2 Å². The van der Waals surface area contributed by atoms with Gasteiger partial charge < -0.3 is 26.2 Å². The predicted octanol–water partition coefficient (Wildman–Crippen LogP) is 1.37. The summed E-state index contributed by atoms with van der Waals surface area (Å²) in [5.74, 6) is 1.25. The number of phosphoric ester groups is 1. The summed E-state index contributed by atoms with van der Waals surface area (Å²) in [7, 11) is 1.97. The van der Waals surface area contributed by atoms with Crippen LogP contribution in [0.25, 0.3) is 0 Å². The molecular formula is C20H39N4O7PS2. The van der Waals surface area contributed by atoms with Gasteiger partial charge in [-0.1, -0.05) is 35.4 Å². The molecule has 0 radical (unpaired) electrons. The molecule has 1 saturated carbocycles. The number of hydrogen-bond donors (Lipinski definition) is 4. The summed E-state index contributed by atoms with van der Waals surface area (Å²) in [6.45, 7) is 5.27. The van der Waals surface area contributed by atoms with Gasteiger partial charge in [0.1, 0.15) is 0 Å². The van der Waals surface area contributed by atoms with E-state index in [0.717, 1.165) is 18.6 Å². The van der Waals surface area contributed by atoms with Crippen molar-refractivity contribution in [2.45, 2.75) is 39.5 Å². The minimum Gasteiger partial charge on any atom is -0.355 e. The minimum atomic E-state index is -4.12. The second-order valence-corrected chi connectivity index (χ2v) is 13.0. The molecule has 1 unspecified atom stereocenters. The molecular weight excluding hydrogens is 503 g/mol. The molecule has 1 atom stereocenters. The number of rotatable bonds is 18. The molecule has 0 heterocycles. The first-order chi connectivity index (χ1) is 15.9. The summed E-state index contributed by atoms with van der Waals surface area (Å²) in [6, 6.07) is 0. The zero-order valence-electron chi connectivity index (χ0n) is 20.5. The van der Waals surface area contributed by atoms with Crippen molar-refractivity contribution < 1.29 is 32.9 Å². The van der Waals surface area contributed by atoms with Gasteiger partial charge in [0.05, 0.1) is 12.0 Å². The number of nitrogens with one attached hydrogen (secondary N) is 2. The van der Waals surface area contributed by atoms with Gasteiger partial charge in [-0.15, -0.1) is 0 Å². The van der Waals surface area contributed by atoms with Crippen LogP contribution in [0.15, 0.2) is 0 Å². The lowest BCUT2D eigenvalue weighted by atomic mass is 9.75. The molecule has 0 bridgehead atoms. The predicted molar refractivity (Wildman–Crippen MR) is 135 cm³/mol. The second-order valence-electron chi connectivity index (χ2n) is 8.74. The molecule has 14 heteroatoms. The molecule has 3 amide bonds. The van der Waals surface area contributed by atoms with Gasteiger partial charge in [0.25, 0.3) is 0 Å². The maximum Gasteiger partial charge on any atom is 0.471 e. The molecule has 1 rings (SSSR count). The Bertz CT molecular complexity index is 738. The maximum absolute atomic E-state index is 12.8. The smallest absolute Gasteiger partial charge is 0.355 e. The van der Waals surface area contributed by atoms with Gasteiger partial charge in [-0.25, -0.2) is 4.57 Å². The molecule has 0 spiro atoms. The highest BCUT2D eigenvalue weighted by molar-refractivity contribution is 8.76. The van der Waals surface area contributed by atoms with Gasteiger partial charge in [0.15, 0.2) is 0 Å². The number of carbonyl (C=O) groups is 3. The first-order valence-corrected chi connectivity index (χ1v) is 15.2. The second kappa shape index (κ2) is 14.7. The van der Waals surface area contributed by atoms with Crippen LogP contribution < -0.4 is 16.4 Å². The van der Waals surface area contributed by atoms with E-state index >= 15 is 0 Å². The molecule has 34 heavy (non-hydrogen) atoms. The molecule has 198 valence electrons. The average Bonchev–Trinajstić information content (AvgIpc) is 3.60. The van der Waals surface area contributed by atoms with E-state index < -0.39 is 18.7 Å². The summed E-state index contributed by atoms with van der Waals surface area (Å²) in [6.07, 6.45) is 1.82. The Morgan fingerprint density at radius 1 is 1.15 bits per heavy atom. The first kappa shape index (κ1) is 31.2. The fourth-order valence-electron chi connectivity index (χ4n) is 3.28. The van der Waals surface area contributed by atoms with E-state index in [4.69, 9.17) is 10.3 Å². The van der Waals surface area contributed by atoms with Gasteiger partial charge in [-0.05, 0) is 12.8 Å². The summed E-state index contributed by atoms with van der Waals surface area (Å²) in [5.41, 5.74) is 3.96. The van der Waals surface area contributed by atoms with Gasteiger partial charge in [-0.2, -0.15) is 0 Å². The SMILES string of the molecule is COP(=O)(O)OCC(C)(C)C1(C(=O)NCCC(=O)N(C)CCSSCCNC(=O)CCN)CC1. The average molecular weight is 543 g/mol. The Hall–Kier alpha value is -0.820. The van der Waals surface area contributed by atoms with Gasteiger partial charge in [-0.3, -0.25) is 23.4 Å². The van der Waals surface area contributed by atoms with Crippen LogP contribution in [0.3, 0.4) is 0 Å². The number of amides is 3. The van der Waals surface area contributed by atoms with E-state index in [9.17, 15) is 23.8 Å². The van der Waals surface area contributed by atoms with Crippen LogP contribution in [0.4, 0.5) is 0 Å². The topological polar surface area (TPSA) is 160 Å². The summed E-state index contributed by atoms with van der Waals surface area (Å²) in [5, 5.41) is 5.63. The van der Waals surface area contributed by atoms with Gasteiger partial charge in [0, 0.05) is 70.1 Å². The number of nitrogens with two attached hydrogens (primary N) is 1. The fraction of sp³-hybridized carbons (Fsp3) is 0.850. The van der Waals surface area contributed by atoms with Crippen molar-refractivity contribution in [3.63, 3.8) is 0 Å². The van der Waals surface area contributed by atoms with Crippen LogP contribution in [-0.4, -0.2) is 86.0 Å². The zero-order chi connectivity index (χ0) is 25.8. The molecule has 1 aliphatic rings. The highest BCUT2D eigenvalue weighted by Gasteiger charge is 2.60. The highest BCUT2D eigenvalue weighted by atomic mass is 33.1. The largest absolute Gasteiger partial charge is 0.471 e. The third-order valence-corrected chi connectivity index (χ3v) is 9.13. The van der Waals surface area contributed by atoms with Crippen molar-refractivity contribution in [2.24, 2.45) is 16.6 Å². The molecule has 0 aromatic rings. The highest BCUT2D eigenvalue weighted by Crippen LogP contribution is 2.60. The van der Waals surface area contributed by atoms with Crippen LogP contribution in [0.1, 0.15) is 39.5 Å². The van der Waals surface area contributed by atoms with Crippen molar-refractivity contribution in [1.82, 2.24) is 15.5 Å². The van der Waals surface area contributed by atoms with E-state index in [1.54, 1.807) is 33.5 Å². The molecule has 0 saturated heterocycles. The number of phosphoric acid groups is 1. The molecule has 11 nitrogen and oxygen atoms in total. The monoisotopic (exact) mass is 542 g/mol. The summed E-state index contributed by atoms with van der Waals surface area (Å²) < 4.78 is 21.0. The molecule has 0 aliphatic heterocycles. The van der Waals surface area contributed by atoms with Crippen LogP contribution in [0.2, 0.25) is 0 Å². The van der Waals surface area contributed by atoms with Crippen molar-refractivity contribution >= 4 is 47.1 Å². The Labute approximate surface area is 210 Å². The lowest BCUT2D eigenvalue weighted by Crippen LogP contribution is -2.44. The Morgan fingerprint density at radius 2 is 1.79 bits per heavy atom. The van der Waals surface area contributed by atoms with Crippen molar-refractivity contribution in [3.8, 4) is 0 Å².